The van der Waals surface area contributed by atoms with E-state index in [-0.39, 0.29) is 5.91 Å². The van der Waals surface area contributed by atoms with Crippen LogP contribution in [0.3, 0.4) is 0 Å². The van der Waals surface area contributed by atoms with Crippen molar-refractivity contribution in [1.82, 2.24) is 4.98 Å². The van der Waals surface area contributed by atoms with E-state index in [9.17, 15) is 4.79 Å². The molecule has 0 fully saturated rings. The van der Waals surface area contributed by atoms with Gasteiger partial charge in [-0.2, -0.15) is 0 Å². The molecule has 1 aromatic carbocycles. The maximum Gasteiger partial charge on any atom is 0.257 e. The molecule has 1 heterocycles. The van der Waals surface area contributed by atoms with Crippen molar-refractivity contribution in [1.29, 1.82) is 0 Å². The minimum absolute atomic E-state index is 0.159. The van der Waals surface area contributed by atoms with Crippen molar-refractivity contribution in [3.63, 3.8) is 0 Å². The maximum atomic E-state index is 12.3. The Labute approximate surface area is 119 Å². The maximum absolute atomic E-state index is 12.3. The number of nitrogens with zero attached hydrogens (tertiary/aromatic N) is 1. The Bertz CT molecular complexity index is 583. The van der Waals surface area contributed by atoms with Gasteiger partial charge in [0, 0.05) is 11.9 Å². The van der Waals surface area contributed by atoms with Gasteiger partial charge >= 0.3 is 0 Å². The Morgan fingerprint density at radius 2 is 1.80 bits per heavy atom. The molecule has 0 saturated carbocycles. The van der Waals surface area contributed by atoms with E-state index in [1.165, 1.54) is 6.20 Å². The zero-order valence-corrected chi connectivity index (χ0v) is 11.8. The third-order valence-corrected chi connectivity index (χ3v) is 3.29. The molecule has 4 nitrogen and oxygen atoms in total. The van der Waals surface area contributed by atoms with Gasteiger partial charge in [-0.05, 0) is 36.1 Å². The van der Waals surface area contributed by atoms with Gasteiger partial charge in [-0.3, -0.25) is 4.79 Å². The zero-order chi connectivity index (χ0) is 14.5. The molecule has 2 rings (SSSR count). The number of aryl methyl sites for hydroxylation is 2. The number of hydrogen-bond donors (Lipinski definition) is 2. The molecule has 0 aliphatic rings. The summed E-state index contributed by atoms with van der Waals surface area (Å²) in [7, 11) is 0. The van der Waals surface area contributed by atoms with E-state index in [1.54, 1.807) is 12.1 Å². The van der Waals surface area contributed by atoms with Crippen LogP contribution in [0.1, 0.15) is 35.3 Å². The highest BCUT2D eigenvalue weighted by atomic mass is 16.1. The molecule has 0 radical (unpaired) electrons. The van der Waals surface area contributed by atoms with Crippen LogP contribution in [0.25, 0.3) is 0 Å². The Hall–Kier alpha value is -2.36. The number of rotatable bonds is 4. The van der Waals surface area contributed by atoms with Crippen molar-refractivity contribution >= 4 is 17.4 Å². The summed E-state index contributed by atoms with van der Waals surface area (Å²) in [5, 5.41) is 3.00. The van der Waals surface area contributed by atoms with Gasteiger partial charge in [-0.1, -0.05) is 32.0 Å². The normalized spacial score (nSPS) is 10.3. The van der Waals surface area contributed by atoms with Crippen LogP contribution in [0.2, 0.25) is 0 Å². The van der Waals surface area contributed by atoms with Gasteiger partial charge < -0.3 is 11.1 Å². The molecule has 0 aliphatic carbocycles. The van der Waals surface area contributed by atoms with E-state index in [4.69, 9.17) is 5.73 Å². The van der Waals surface area contributed by atoms with Gasteiger partial charge in [0.25, 0.3) is 5.91 Å². The fourth-order valence-corrected chi connectivity index (χ4v) is 2.13. The third kappa shape index (κ3) is 2.96. The van der Waals surface area contributed by atoms with Gasteiger partial charge in [-0.15, -0.1) is 0 Å². The van der Waals surface area contributed by atoms with Crippen LogP contribution < -0.4 is 11.1 Å². The first-order valence-corrected chi connectivity index (χ1v) is 6.79. The summed E-state index contributed by atoms with van der Waals surface area (Å²) in [5.41, 5.74) is 9.23. The summed E-state index contributed by atoms with van der Waals surface area (Å²) in [6, 6.07) is 9.41. The van der Waals surface area contributed by atoms with Crippen molar-refractivity contribution in [2.24, 2.45) is 0 Å². The predicted octanol–water partition coefficient (Wildman–Crippen LogP) is 3.04. The lowest BCUT2D eigenvalue weighted by atomic mass is 10.0. The predicted molar refractivity (Wildman–Crippen MR) is 81.8 cm³/mol. The van der Waals surface area contributed by atoms with Gasteiger partial charge in [0.1, 0.15) is 5.82 Å². The fourth-order valence-electron chi connectivity index (χ4n) is 2.13. The van der Waals surface area contributed by atoms with Crippen LogP contribution in [-0.4, -0.2) is 10.9 Å². The highest BCUT2D eigenvalue weighted by molar-refractivity contribution is 6.05. The van der Waals surface area contributed by atoms with E-state index in [0.29, 0.717) is 11.4 Å². The number of carbonyl (C=O) groups is 1. The molecule has 3 N–H and O–H groups in total. The zero-order valence-electron chi connectivity index (χ0n) is 11.8. The number of benzene rings is 1. The summed E-state index contributed by atoms with van der Waals surface area (Å²) in [6.07, 6.45) is 3.25. The van der Waals surface area contributed by atoms with Gasteiger partial charge in [0.2, 0.25) is 0 Å². The number of carbonyl (C=O) groups excluding carboxylic acids is 1. The number of pyridine rings is 1. The monoisotopic (exact) mass is 269 g/mol. The molecule has 0 bridgehead atoms. The number of hydrogen-bond acceptors (Lipinski definition) is 3. The largest absolute Gasteiger partial charge is 0.384 e. The van der Waals surface area contributed by atoms with E-state index < -0.39 is 0 Å². The highest BCUT2D eigenvalue weighted by Gasteiger charge is 2.11. The average Bonchev–Trinajstić information content (AvgIpc) is 2.48. The first-order valence-electron chi connectivity index (χ1n) is 6.79. The smallest absolute Gasteiger partial charge is 0.257 e. The fraction of sp³-hybridized carbons (Fsp3) is 0.250. The molecule has 4 heteroatoms. The second-order valence-electron chi connectivity index (χ2n) is 4.58. The van der Waals surface area contributed by atoms with Crippen molar-refractivity contribution in [3.8, 4) is 0 Å². The van der Waals surface area contributed by atoms with Gasteiger partial charge in [0.15, 0.2) is 0 Å². The number of nitrogen functional groups attached to an aromatic ring is 1. The molecule has 2 aromatic rings. The molecule has 1 amide bonds. The van der Waals surface area contributed by atoms with Gasteiger partial charge in [-0.25, -0.2) is 4.98 Å². The molecule has 104 valence electrons. The Morgan fingerprint density at radius 3 is 2.30 bits per heavy atom. The number of nitrogens with two attached hydrogens (primary N) is 1. The summed E-state index contributed by atoms with van der Waals surface area (Å²) >= 11 is 0. The van der Waals surface area contributed by atoms with Crippen LogP contribution >= 0.6 is 0 Å². The molecule has 0 spiro atoms. The highest BCUT2D eigenvalue weighted by Crippen LogP contribution is 2.23. The van der Waals surface area contributed by atoms with Crippen LogP contribution in [0, 0.1) is 0 Å². The summed E-state index contributed by atoms with van der Waals surface area (Å²) in [6.45, 7) is 4.16. The van der Waals surface area contributed by atoms with E-state index in [0.717, 1.165) is 29.7 Å². The van der Waals surface area contributed by atoms with Crippen LogP contribution in [0.15, 0.2) is 36.5 Å². The minimum atomic E-state index is -0.159. The molecule has 0 unspecified atom stereocenters. The lowest BCUT2D eigenvalue weighted by Crippen LogP contribution is -2.15. The number of nitrogens with one attached hydrogen (secondary N) is 1. The Kier molecular flexibility index (Phi) is 4.35. The van der Waals surface area contributed by atoms with Crippen molar-refractivity contribution in [2.45, 2.75) is 26.7 Å². The molecule has 0 atom stereocenters. The van der Waals surface area contributed by atoms with Crippen molar-refractivity contribution < 1.29 is 4.79 Å². The number of anilines is 2. The second kappa shape index (κ2) is 6.19. The molecule has 0 saturated heterocycles. The van der Waals surface area contributed by atoms with Crippen molar-refractivity contribution in [3.05, 3.63) is 53.2 Å². The van der Waals surface area contributed by atoms with Crippen LogP contribution in [0.5, 0.6) is 0 Å². The minimum Gasteiger partial charge on any atom is -0.384 e. The Balaban J connectivity index is 2.29. The van der Waals surface area contributed by atoms with E-state index >= 15 is 0 Å². The standard InChI is InChI=1S/C16H19N3O/c1-3-11-6-5-7-12(4-2)15(11)19-16(20)13-8-9-14(17)18-10-13/h5-10H,3-4H2,1-2H3,(H2,17,18)(H,19,20). The summed E-state index contributed by atoms with van der Waals surface area (Å²) < 4.78 is 0. The quantitative estimate of drug-likeness (QED) is 0.896. The lowest BCUT2D eigenvalue weighted by molar-refractivity contribution is 0.102. The second-order valence-corrected chi connectivity index (χ2v) is 4.58. The number of amides is 1. The topological polar surface area (TPSA) is 68.0 Å². The lowest BCUT2D eigenvalue weighted by Gasteiger charge is -2.14. The third-order valence-electron chi connectivity index (χ3n) is 3.29. The SMILES string of the molecule is CCc1cccc(CC)c1NC(=O)c1ccc(N)nc1. The first kappa shape index (κ1) is 14.1. The number of para-hydroxylation sites is 1. The first-order chi connectivity index (χ1) is 9.65. The van der Waals surface area contributed by atoms with Crippen LogP contribution in [0.4, 0.5) is 11.5 Å². The molecular weight excluding hydrogens is 250 g/mol. The summed E-state index contributed by atoms with van der Waals surface area (Å²) in [5.74, 6) is 0.248. The molecule has 1 aromatic heterocycles. The summed E-state index contributed by atoms with van der Waals surface area (Å²) in [4.78, 5) is 16.2. The van der Waals surface area contributed by atoms with Crippen molar-refractivity contribution in [2.75, 3.05) is 11.1 Å². The molecule has 20 heavy (non-hydrogen) atoms. The molecular formula is C16H19N3O. The van der Waals surface area contributed by atoms with Crippen LogP contribution in [-0.2, 0) is 12.8 Å². The number of aromatic nitrogens is 1. The average molecular weight is 269 g/mol. The van der Waals surface area contributed by atoms with Gasteiger partial charge in [0.05, 0.1) is 5.56 Å². The Morgan fingerprint density at radius 1 is 1.15 bits per heavy atom. The van der Waals surface area contributed by atoms with E-state index in [2.05, 4.69) is 24.1 Å². The molecule has 0 aliphatic heterocycles. The van der Waals surface area contributed by atoms with E-state index in [1.807, 2.05) is 18.2 Å².